The fraction of sp³-hybridized carbons (Fsp3) is 0. The van der Waals surface area contributed by atoms with E-state index >= 15 is 0 Å². The van der Waals surface area contributed by atoms with E-state index in [9.17, 15) is 4.79 Å². The van der Waals surface area contributed by atoms with Crippen LogP contribution in [0.2, 0.25) is 5.02 Å². The van der Waals surface area contributed by atoms with Crippen LogP contribution in [-0.2, 0) is 0 Å². The van der Waals surface area contributed by atoms with Crippen LogP contribution < -0.4 is 10.5 Å². The summed E-state index contributed by atoms with van der Waals surface area (Å²) in [6.45, 7) is 0. The molecule has 92 valence electrons. The van der Waals surface area contributed by atoms with Crippen LogP contribution >= 0.6 is 27.5 Å². The van der Waals surface area contributed by atoms with Gasteiger partial charge in [0.2, 0.25) is 5.91 Å². The molecule has 0 aliphatic rings. The first-order valence-electron chi connectivity index (χ1n) is 5.09. The number of hydrogen-bond acceptors (Lipinski definition) is 2. The summed E-state index contributed by atoms with van der Waals surface area (Å²) in [6, 6.07) is 12.0. The maximum atomic E-state index is 11.0. The molecule has 5 heteroatoms. The Bertz CT molecular complexity index is 584. The van der Waals surface area contributed by atoms with E-state index in [4.69, 9.17) is 22.1 Å². The van der Waals surface area contributed by atoms with Crippen molar-refractivity contribution in [1.82, 2.24) is 0 Å². The molecule has 0 saturated carbocycles. The van der Waals surface area contributed by atoms with E-state index in [1.54, 1.807) is 12.1 Å². The molecule has 18 heavy (non-hydrogen) atoms. The number of halogens is 2. The molecule has 2 aromatic carbocycles. The summed E-state index contributed by atoms with van der Waals surface area (Å²) >= 11 is 9.35. The van der Waals surface area contributed by atoms with Crippen molar-refractivity contribution < 1.29 is 9.53 Å². The Labute approximate surface area is 118 Å². The van der Waals surface area contributed by atoms with Gasteiger partial charge in [-0.2, -0.15) is 0 Å². The third-order valence-corrected chi connectivity index (χ3v) is 3.08. The molecule has 3 nitrogen and oxygen atoms in total. The number of hydrogen-bond donors (Lipinski definition) is 1. The zero-order chi connectivity index (χ0) is 13.1. The fourth-order valence-electron chi connectivity index (χ4n) is 1.37. The highest BCUT2D eigenvalue weighted by atomic mass is 79.9. The van der Waals surface area contributed by atoms with Gasteiger partial charge in [0.15, 0.2) is 0 Å². The van der Waals surface area contributed by atoms with Gasteiger partial charge in [-0.25, -0.2) is 0 Å². The third kappa shape index (κ3) is 3.03. The SMILES string of the molecule is NC(=O)c1ccc(Oc2ccc(Br)cc2)c(Cl)c1. The highest BCUT2D eigenvalue weighted by Gasteiger charge is 2.07. The summed E-state index contributed by atoms with van der Waals surface area (Å²) in [6.07, 6.45) is 0. The first-order chi connectivity index (χ1) is 8.56. The lowest BCUT2D eigenvalue weighted by molar-refractivity contribution is 0.100. The molecule has 0 saturated heterocycles. The Morgan fingerprint density at radius 1 is 1.17 bits per heavy atom. The second-order valence-electron chi connectivity index (χ2n) is 3.57. The van der Waals surface area contributed by atoms with Crippen LogP contribution in [0.3, 0.4) is 0 Å². The molecule has 0 unspecified atom stereocenters. The number of carbonyl (C=O) groups is 1. The van der Waals surface area contributed by atoms with Crippen LogP contribution in [0.25, 0.3) is 0 Å². The predicted molar refractivity (Wildman–Crippen MR) is 74.2 cm³/mol. The summed E-state index contributed by atoms with van der Waals surface area (Å²) in [4.78, 5) is 11.0. The van der Waals surface area contributed by atoms with Crippen LogP contribution in [0, 0.1) is 0 Å². The number of primary amides is 1. The minimum atomic E-state index is -0.521. The third-order valence-electron chi connectivity index (χ3n) is 2.26. The Morgan fingerprint density at radius 2 is 1.83 bits per heavy atom. The van der Waals surface area contributed by atoms with E-state index in [1.807, 2.05) is 24.3 Å². The van der Waals surface area contributed by atoms with Gasteiger partial charge in [0.25, 0.3) is 0 Å². The van der Waals surface area contributed by atoms with Crippen molar-refractivity contribution in [3.63, 3.8) is 0 Å². The number of amides is 1. The van der Waals surface area contributed by atoms with Crippen molar-refractivity contribution in [2.45, 2.75) is 0 Å². The first kappa shape index (κ1) is 12.9. The summed E-state index contributed by atoms with van der Waals surface area (Å²) in [7, 11) is 0. The lowest BCUT2D eigenvalue weighted by Gasteiger charge is -2.08. The largest absolute Gasteiger partial charge is 0.456 e. The molecule has 0 atom stereocenters. The van der Waals surface area contributed by atoms with E-state index in [0.717, 1.165) is 4.47 Å². The first-order valence-corrected chi connectivity index (χ1v) is 6.26. The van der Waals surface area contributed by atoms with Crippen LogP contribution in [-0.4, -0.2) is 5.91 Å². The van der Waals surface area contributed by atoms with Crippen molar-refractivity contribution in [2.75, 3.05) is 0 Å². The minimum Gasteiger partial charge on any atom is -0.456 e. The lowest BCUT2D eigenvalue weighted by Crippen LogP contribution is -2.10. The minimum absolute atomic E-state index is 0.342. The zero-order valence-corrected chi connectivity index (χ0v) is 11.5. The van der Waals surface area contributed by atoms with Crippen LogP contribution in [0.15, 0.2) is 46.9 Å². The molecule has 0 aliphatic carbocycles. The van der Waals surface area contributed by atoms with Gasteiger partial charge in [0.05, 0.1) is 5.02 Å². The van der Waals surface area contributed by atoms with Crippen molar-refractivity contribution in [2.24, 2.45) is 5.73 Å². The second kappa shape index (κ2) is 5.42. The van der Waals surface area contributed by atoms with Crippen LogP contribution in [0.5, 0.6) is 11.5 Å². The smallest absolute Gasteiger partial charge is 0.248 e. The van der Waals surface area contributed by atoms with E-state index in [1.165, 1.54) is 6.07 Å². The van der Waals surface area contributed by atoms with Gasteiger partial charge in [-0.15, -0.1) is 0 Å². The summed E-state index contributed by atoms with van der Waals surface area (Å²) in [5, 5.41) is 0.342. The standard InChI is InChI=1S/C13H9BrClNO2/c14-9-2-4-10(5-3-9)18-12-6-1-8(13(16)17)7-11(12)15/h1-7H,(H2,16,17). The zero-order valence-electron chi connectivity index (χ0n) is 9.19. The molecule has 0 bridgehead atoms. The van der Waals surface area contributed by atoms with Gasteiger partial charge in [-0.3, -0.25) is 4.79 Å². The molecular formula is C13H9BrClNO2. The highest BCUT2D eigenvalue weighted by Crippen LogP contribution is 2.30. The molecule has 2 aromatic rings. The summed E-state index contributed by atoms with van der Waals surface area (Å²) in [5.74, 6) is 0.614. The van der Waals surface area contributed by atoms with Crippen molar-refractivity contribution in [1.29, 1.82) is 0 Å². The molecule has 0 fully saturated rings. The van der Waals surface area contributed by atoms with Gasteiger partial charge in [-0.1, -0.05) is 27.5 Å². The van der Waals surface area contributed by atoms with Gasteiger partial charge in [0.1, 0.15) is 11.5 Å². The Balaban J connectivity index is 2.24. The van der Waals surface area contributed by atoms with E-state index in [2.05, 4.69) is 15.9 Å². The normalized spacial score (nSPS) is 10.1. The maximum Gasteiger partial charge on any atom is 0.248 e. The van der Waals surface area contributed by atoms with Gasteiger partial charge in [0, 0.05) is 10.0 Å². The van der Waals surface area contributed by atoms with E-state index in [0.29, 0.717) is 22.1 Å². The fourth-order valence-corrected chi connectivity index (χ4v) is 1.85. The highest BCUT2D eigenvalue weighted by molar-refractivity contribution is 9.10. The molecule has 0 heterocycles. The Morgan fingerprint density at radius 3 is 2.39 bits per heavy atom. The van der Waals surface area contributed by atoms with Crippen molar-refractivity contribution in [3.05, 3.63) is 57.5 Å². The molecule has 0 aliphatic heterocycles. The summed E-state index contributed by atoms with van der Waals surface area (Å²) in [5.41, 5.74) is 5.51. The quantitative estimate of drug-likeness (QED) is 0.927. The molecule has 2 rings (SSSR count). The molecule has 0 aromatic heterocycles. The number of carbonyl (C=O) groups excluding carboxylic acids is 1. The van der Waals surface area contributed by atoms with E-state index < -0.39 is 5.91 Å². The topological polar surface area (TPSA) is 52.3 Å². The molecule has 0 spiro atoms. The number of benzene rings is 2. The monoisotopic (exact) mass is 325 g/mol. The lowest BCUT2D eigenvalue weighted by atomic mass is 10.2. The average molecular weight is 327 g/mol. The average Bonchev–Trinajstić information content (AvgIpc) is 2.34. The van der Waals surface area contributed by atoms with E-state index in [-0.39, 0.29) is 0 Å². The van der Waals surface area contributed by atoms with Crippen LogP contribution in [0.4, 0.5) is 0 Å². The second-order valence-corrected chi connectivity index (χ2v) is 4.89. The van der Waals surface area contributed by atoms with Gasteiger partial charge < -0.3 is 10.5 Å². The molecule has 2 N–H and O–H groups in total. The molecular weight excluding hydrogens is 318 g/mol. The Hall–Kier alpha value is -1.52. The predicted octanol–water partition coefficient (Wildman–Crippen LogP) is 3.99. The number of rotatable bonds is 3. The van der Waals surface area contributed by atoms with Crippen molar-refractivity contribution >= 4 is 33.4 Å². The summed E-state index contributed by atoms with van der Waals surface area (Å²) < 4.78 is 6.56. The Kier molecular flexibility index (Phi) is 3.89. The molecule has 1 amide bonds. The van der Waals surface area contributed by atoms with Crippen molar-refractivity contribution in [3.8, 4) is 11.5 Å². The van der Waals surface area contributed by atoms with Gasteiger partial charge in [-0.05, 0) is 42.5 Å². The van der Waals surface area contributed by atoms with Gasteiger partial charge >= 0.3 is 0 Å². The maximum absolute atomic E-state index is 11.0. The van der Waals surface area contributed by atoms with Crippen LogP contribution in [0.1, 0.15) is 10.4 Å². The molecule has 0 radical (unpaired) electrons. The number of nitrogens with two attached hydrogens (primary N) is 1. The number of ether oxygens (including phenoxy) is 1.